The van der Waals surface area contributed by atoms with E-state index in [0.29, 0.717) is 17.9 Å². The van der Waals surface area contributed by atoms with E-state index >= 15 is 0 Å². The van der Waals surface area contributed by atoms with Crippen LogP contribution in [0.2, 0.25) is 0 Å². The molecule has 1 aliphatic heterocycles. The molecule has 0 spiro atoms. The molecule has 0 aromatic rings. The van der Waals surface area contributed by atoms with Gasteiger partial charge in [-0.2, -0.15) is 0 Å². The van der Waals surface area contributed by atoms with Gasteiger partial charge >= 0.3 is 5.97 Å². The predicted octanol–water partition coefficient (Wildman–Crippen LogP) is 2.95. The van der Waals surface area contributed by atoms with Crippen LogP contribution in [0, 0.1) is 11.3 Å². The van der Waals surface area contributed by atoms with Crippen molar-refractivity contribution >= 4 is 5.97 Å². The molecule has 1 fully saturated rings. The molecule has 0 aromatic carbocycles. The van der Waals surface area contributed by atoms with Crippen molar-refractivity contribution in [3.05, 3.63) is 23.8 Å². The average Bonchev–Trinajstić information content (AvgIpc) is 2.56. The van der Waals surface area contributed by atoms with Gasteiger partial charge in [0.15, 0.2) is 0 Å². The Balaban J connectivity index is 1.98. The first kappa shape index (κ1) is 13.3. The standard InChI is InChI=1S/C15H22O3/c1-10-5-4-8-15(2,3)12(10)7-6-11-9-13(16)18-14(11)17/h9,12,14,17H,1,4-8H2,2-3H3. The molecule has 3 heteroatoms. The summed E-state index contributed by atoms with van der Waals surface area (Å²) in [6.45, 7) is 8.75. The van der Waals surface area contributed by atoms with Crippen LogP contribution < -0.4 is 0 Å². The number of hydrogen-bond donors (Lipinski definition) is 1. The van der Waals surface area contributed by atoms with E-state index in [4.69, 9.17) is 4.74 Å². The van der Waals surface area contributed by atoms with Gasteiger partial charge in [0, 0.05) is 11.6 Å². The van der Waals surface area contributed by atoms with Gasteiger partial charge in [0.1, 0.15) is 0 Å². The summed E-state index contributed by atoms with van der Waals surface area (Å²) in [6, 6.07) is 0. The van der Waals surface area contributed by atoms with Crippen LogP contribution in [0.4, 0.5) is 0 Å². The Morgan fingerprint density at radius 2 is 2.28 bits per heavy atom. The van der Waals surface area contributed by atoms with Gasteiger partial charge in [0.25, 0.3) is 0 Å². The van der Waals surface area contributed by atoms with Gasteiger partial charge in [0.2, 0.25) is 6.29 Å². The summed E-state index contributed by atoms with van der Waals surface area (Å²) in [4.78, 5) is 11.0. The molecule has 100 valence electrons. The van der Waals surface area contributed by atoms with E-state index < -0.39 is 12.3 Å². The molecule has 1 N–H and O–H groups in total. The quantitative estimate of drug-likeness (QED) is 0.618. The second kappa shape index (κ2) is 4.88. The highest BCUT2D eigenvalue weighted by atomic mass is 16.6. The summed E-state index contributed by atoms with van der Waals surface area (Å²) >= 11 is 0. The number of esters is 1. The van der Waals surface area contributed by atoms with Crippen LogP contribution >= 0.6 is 0 Å². The number of rotatable bonds is 3. The lowest BCUT2D eigenvalue weighted by Gasteiger charge is -2.40. The molecule has 0 bridgehead atoms. The molecule has 1 aliphatic carbocycles. The highest BCUT2D eigenvalue weighted by molar-refractivity contribution is 5.85. The first-order chi connectivity index (χ1) is 8.40. The minimum Gasteiger partial charge on any atom is -0.429 e. The monoisotopic (exact) mass is 250 g/mol. The normalized spacial score (nSPS) is 31.2. The van der Waals surface area contributed by atoms with E-state index in [2.05, 4.69) is 20.4 Å². The van der Waals surface area contributed by atoms with Crippen molar-refractivity contribution in [2.24, 2.45) is 11.3 Å². The Morgan fingerprint density at radius 3 is 2.83 bits per heavy atom. The topological polar surface area (TPSA) is 46.5 Å². The van der Waals surface area contributed by atoms with Crippen LogP contribution in [-0.4, -0.2) is 17.4 Å². The smallest absolute Gasteiger partial charge is 0.333 e. The Hall–Kier alpha value is -1.09. The molecule has 0 amide bonds. The molecule has 1 saturated carbocycles. The van der Waals surface area contributed by atoms with Crippen LogP contribution in [-0.2, 0) is 9.53 Å². The van der Waals surface area contributed by atoms with E-state index in [1.165, 1.54) is 24.5 Å². The maximum atomic E-state index is 11.0. The number of hydrogen-bond acceptors (Lipinski definition) is 3. The summed E-state index contributed by atoms with van der Waals surface area (Å²) in [6.07, 6.45) is 5.57. The van der Waals surface area contributed by atoms with Crippen LogP contribution in [0.25, 0.3) is 0 Å². The SMILES string of the molecule is C=C1CCCC(C)(C)C1CCC1=CC(=O)OC1O. The second-order valence-corrected chi connectivity index (χ2v) is 6.10. The molecule has 0 saturated heterocycles. The summed E-state index contributed by atoms with van der Waals surface area (Å²) in [5, 5.41) is 9.55. The molecule has 2 atom stereocenters. The Kier molecular flexibility index (Phi) is 3.62. The average molecular weight is 250 g/mol. The summed E-state index contributed by atoms with van der Waals surface area (Å²) in [5.74, 6) is 0.0364. The van der Waals surface area contributed by atoms with Crippen LogP contribution in [0.15, 0.2) is 23.8 Å². The molecule has 1 heterocycles. The number of ether oxygens (including phenoxy) is 1. The molecule has 3 nitrogen and oxygen atoms in total. The zero-order chi connectivity index (χ0) is 13.3. The Labute approximate surface area is 109 Å². The molecule has 2 unspecified atom stereocenters. The minimum absolute atomic E-state index is 0.268. The van der Waals surface area contributed by atoms with Crippen molar-refractivity contribution < 1.29 is 14.6 Å². The highest BCUT2D eigenvalue weighted by Crippen LogP contribution is 2.45. The number of allylic oxidation sites excluding steroid dienone is 1. The maximum Gasteiger partial charge on any atom is 0.333 e. The zero-order valence-electron chi connectivity index (χ0n) is 11.2. The van der Waals surface area contributed by atoms with E-state index in [1.807, 2.05) is 0 Å². The molecule has 0 aromatic heterocycles. The highest BCUT2D eigenvalue weighted by Gasteiger charge is 2.35. The third kappa shape index (κ3) is 2.66. The fourth-order valence-electron chi connectivity index (χ4n) is 3.22. The molecule has 18 heavy (non-hydrogen) atoms. The van der Waals surface area contributed by atoms with E-state index in [9.17, 15) is 9.90 Å². The molecule has 2 aliphatic rings. The van der Waals surface area contributed by atoms with Gasteiger partial charge in [-0.15, -0.1) is 0 Å². The third-order valence-corrected chi connectivity index (χ3v) is 4.33. The largest absolute Gasteiger partial charge is 0.429 e. The number of aliphatic hydroxyl groups excluding tert-OH is 1. The van der Waals surface area contributed by atoms with Gasteiger partial charge in [0.05, 0.1) is 0 Å². The number of carbonyl (C=O) groups is 1. The van der Waals surface area contributed by atoms with Crippen LogP contribution in [0.3, 0.4) is 0 Å². The van der Waals surface area contributed by atoms with Crippen molar-refractivity contribution in [1.29, 1.82) is 0 Å². The van der Waals surface area contributed by atoms with E-state index in [0.717, 1.165) is 12.8 Å². The molecular weight excluding hydrogens is 228 g/mol. The Bertz CT molecular complexity index is 393. The van der Waals surface area contributed by atoms with Gasteiger partial charge in [-0.05, 0) is 43.4 Å². The minimum atomic E-state index is -1.03. The molecular formula is C15H22O3. The first-order valence-corrected chi connectivity index (χ1v) is 6.67. The van der Waals surface area contributed by atoms with Gasteiger partial charge < -0.3 is 9.84 Å². The summed E-state index contributed by atoms with van der Waals surface area (Å²) < 4.78 is 4.69. The lowest BCUT2D eigenvalue weighted by atomic mass is 9.65. The van der Waals surface area contributed by atoms with Crippen molar-refractivity contribution in [1.82, 2.24) is 0 Å². The number of cyclic esters (lactones) is 1. The lowest BCUT2D eigenvalue weighted by molar-refractivity contribution is -0.151. The Morgan fingerprint density at radius 1 is 1.56 bits per heavy atom. The number of carbonyl (C=O) groups excluding carboxylic acids is 1. The van der Waals surface area contributed by atoms with Crippen molar-refractivity contribution in [3.63, 3.8) is 0 Å². The van der Waals surface area contributed by atoms with Gasteiger partial charge in [-0.1, -0.05) is 26.0 Å². The number of aliphatic hydroxyl groups is 1. The van der Waals surface area contributed by atoms with Crippen molar-refractivity contribution in [3.8, 4) is 0 Å². The van der Waals surface area contributed by atoms with Crippen molar-refractivity contribution in [2.45, 2.75) is 52.2 Å². The van der Waals surface area contributed by atoms with Crippen LogP contribution in [0.1, 0.15) is 46.0 Å². The van der Waals surface area contributed by atoms with E-state index in [-0.39, 0.29) is 5.41 Å². The third-order valence-electron chi connectivity index (χ3n) is 4.33. The maximum absolute atomic E-state index is 11.0. The zero-order valence-corrected chi connectivity index (χ0v) is 11.2. The van der Waals surface area contributed by atoms with Gasteiger partial charge in [-0.3, -0.25) is 0 Å². The van der Waals surface area contributed by atoms with E-state index in [1.54, 1.807) is 0 Å². The van der Waals surface area contributed by atoms with Gasteiger partial charge in [-0.25, -0.2) is 4.79 Å². The predicted molar refractivity (Wildman–Crippen MR) is 69.7 cm³/mol. The van der Waals surface area contributed by atoms with Crippen molar-refractivity contribution in [2.75, 3.05) is 0 Å². The second-order valence-electron chi connectivity index (χ2n) is 6.10. The molecule has 0 radical (unpaired) electrons. The summed E-state index contributed by atoms with van der Waals surface area (Å²) in [5.41, 5.74) is 2.28. The summed E-state index contributed by atoms with van der Waals surface area (Å²) in [7, 11) is 0. The fourth-order valence-corrected chi connectivity index (χ4v) is 3.22. The lowest BCUT2D eigenvalue weighted by Crippen LogP contribution is -2.29. The molecule has 2 rings (SSSR count). The van der Waals surface area contributed by atoms with Crippen LogP contribution in [0.5, 0.6) is 0 Å². The fraction of sp³-hybridized carbons (Fsp3) is 0.667. The first-order valence-electron chi connectivity index (χ1n) is 6.67.